The Morgan fingerprint density at radius 3 is 2.37 bits per heavy atom. The number of carbonyl (C=O) groups is 1. The van der Waals surface area contributed by atoms with Gasteiger partial charge in [0, 0.05) is 30.9 Å². The minimum Gasteiger partial charge on any atom is -0.370 e. The molecule has 0 saturated carbocycles. The highest BCUT2D eigenvalue weighted by molar-refractivity contribution is 5.74. The van der Waals surface area contributed by atoms with Gasteiger partial charge in [0.25, 0.3) is 0 Å². The lowest BCUT2D eigenvalue weighted by Crippen LogP contribution is -2.48. The van der Waals surface area contributed by atoms with Crippen LogP contribution >= 0.6 is 0 Å². The summed E-state index contributed by atoms with van der Waals surface area (Å²) >= 11 is 0. The van der Waals surface area contributed by atoms with Crippen LogP contribution in [0, 0.1) is 0 Å². The lowest BCUT2D eigenvalue weighted by molar-refractivity contribution is 0.232. The van der Waals surface area contributed by atoms with Crippen LogP contribution < -0.4 is 15.5 Å². The number of anilines is 1. The van der Waals surface area contributed by atoms with Gasteiger partial charge in [-0.2, -0.15) is 0 Å². The molecule has 0 spiro atoms. The van der Waals surface area contributed by atoms with Crippen LogP contribution in [-0.4, -0.2) is 31.2 Å². The Morgan fingerprint density at radius 2 is 1.84 bits per heavy atom. The number of urea groups is 1. The largest absolute Gasteiger partial charge is 0.370 e. The van der Waals surface area contributed by atoms with E-state index < -0.39 is 0 Å². The van der Waals surface area contributed by atoms with Gasteiger partial charge in [0.2, 0.25) is 0 Å². The van der Waals surface area contributed by atoms with E-state index in [0.29, 0.717) is 6.54 Å². The first-order valence-electron chi connectivity index (χ1n) is 6.78. The molecule has 2 amide bonds. The summed E-state index contributed by atoms with van der Waals surface area (Å²) in [5, 5.41) is 5.76. The number of nitrogens with zero attached hydrogens (tertiary/aromatic N) is 1. The monoisotopic (exact) mass is 263 g/mol. The van der Waals surface area contributed by atoms with Crippen molar-refractivity contribution >= 4 is 11.7 Å². The van der Waals surface area contributed by atoms with Crippen molar-refractivity contribution in [3.63, 3.8) is 0 Å². The number of benzene rings is 1. The second-order valence-corrected chi connectivity index (χ2v) is 5.55. The number of hydrogen-bond donors (Lipinski definition) is 2. The molecule has 0 aliphatic rings. The number of hydrogen-bond acceptors (Lipinski definition) is 2. The molecule has 106 valence electrons. The fraction of sp³-hybridized carbons (Fsp3) is 0.533. The van der Waals surface area contributed by atoms with Crippen molar-refractivity contribution < 1.29 is 4.79 Å². The van der Waals surface area contributed by atoms with Gasteiger partial charge in [-0.3, -0.25) is 0 Å². The number of rotatable bonds is 5. The predicted octanol–water partition coefficient (Wildman–Crippen LogP) is 2.61. The van der Waals surface area contributed by atoms with E-state index in [0.717, 1.165) is 13.1 Å². The van der Waals surface area contributed by atoms with Crippen LogP contribution in [0.25, 0.3) is 0 Å². The third kappa shape index (κ3) is 6.13. The van der Waals surface area contributed by atoms with Crippen LogP contribution in [0.4, 0.5) is 10.5 Å². The highest BCUT2D eigenvalue weighted by Crippen LogP contribution is 2.11. The van der Waals surface area contributed by atoms with Crippen molar-refractivity contribution in [2.75, 3.05) is 24.5 Å². The minimum absolute atomic E-state index is 0.114. The molecule has 1 rings (SSSR count). The van der Waals surface area contributed by atoms with E-state index >= 15 is 0 Å². The first kappa shape index (κ1) is 15.3. The molecule has 0 bridgehead atoms. The van der Waals surface area contributed by atoms with Gasteiger partial charge in [-0.25, -0.2) is 4.79 Å². The molecule has 0 saturated heterocycles. The summed E-state index contributed by atoms with van der Waals surface area (Å²) < 4.78 is 0. The second kappa shape index (κ2) is 7.02. The highest BCUT2D eigenvalue weighted by Gasteiger charge is 2.13. The molecule has 0 aromatic heterocycles. The normalized spacial score (nSPS) is 10.9. The molecular weight excluding hydrogens is 238 g/mol. The maximum absolute atomic E-state index is 11.6. The highest BCUT2D eigenvalue weighted by atomic mass is 16.2. The third-order valence-electron chi connectivity index (χ3n) is 2.66. The average Bonchev–Trinajstić information content (AvgIpc) is 2.33. The lowest BCUT2D eigenvalue weighted by Gasteiger charge is -2.24. The topological polar surface area (TPSA) is 44.4 Å². The molecule has 19 heavy (non-hydrogen) atoms. The van der Waals surface area contributed by atoms with Gasteiger partial charge >= 0.3 is 6.03 Å². The summed E-state index contributed by atoms with van der Waals surface area (Å²) in [6.45, 7) is 10.4. The number of nitrogens with one attached hydrogen (secondary N) is 2. The molecule has 0 fully saturated rings. The van der Waals surface area contributed by atoms with Gasteiger partial charge in [0.05, 0.1) is 0 Å². The van der Waals surface area contributed by atoms with Gasteiger partial charge in [0.1, 0.15) is 0 Å². The quantitative estimate of drug-likeness (QED) is 0.857. The third-order valence-corrected chi connectivity index (χ3v) is 2.66. The number of para-hydroxylation sites is 1. The number of likely N-dealkylation sites (N-methyl/N-ethyl adjacent to an activating group) is 1. The first-order chi connectivity index (χ1) is 8.92. The van der Waals surface area contributed by atoms with Crippen molar-refractivity contribution in [2.24, 2.45) is 0 Å². The fourth-order valence-electron chi connectivity index (χ4n) is 1.80. The first-order valence-corrected chi connectivity index (χ1v) is 6.78. The summed E-state index contributed by atoms with van der Waals surface area (Å²) in [6.07, 6.45) is 0. The van der Waals surface area contributed by atoms with E-state index in [2.05, 4.69) is 34.6 Å². The van der Waals surface area contributed by atoms with Crippen molar-refractivity contribution in [3.8, 4) is 0 Å². The molecule has 1 aromatic rings. The Balaban J connectivity index is 2.37. The summed E-state index contributed by atoms with van der Waals surface area (Å²) in [4.78, 5) is 13.9. The zero-order valence-corrected chi connectivity index (χ0v) is 12.4. The van der Waals surface area contributed by atoms with Gasteiger partial charge in [-0.15, -0.1) is 0 Å². The Kier molecular flexibility index (Phi) is 5.67. The fourth-order valence-corrected chi connectivity index (χ4v) is 1.80. The van der Waals surface area contributed by atoms with E-state index in [1.54, 1.807) is 0 Å². The molecule has 0 atom stereocenters. The van der Waals surface area contributed by atoms with E-state index in [4.69, 9.17) is 0 Å². The zero-order chi connectivity index (χ0) is 14.3. The zero-order valence-electron chi connectivity index (χ0n) is 12.4. The van der Waals surface area contributed by atoms with Crippen LogP contribution in [0.3, 0.4) is 0 Å². The maximum Gasteiger partial charge on any atom is 0.315 e. The van der Waals surface area contributed by atoms with E-state index in [1.807, 2.05) is 39.0 Å². The van der Waals surface area contributed by atoms with Crippen LogP contribution in [0.15, 0.2) is 30.3 Å². The molecule has 2 N–H and O–H groups in total. The standard InChI is InChI=1S/C15H25N3O/c1-5-18(13-9-7-6-8-10-13)12-11-16-14(19)17-15(2,3)4/h6-10H,5,11-12H2,1-4H3,(H2,16,17,19). The molecule has 0 aliphatic heterocycles. The second-order valence-electron chi connectivity index (χ2n) is 5.55. The minimum atomic E-state index is -0.200. The average molecular weight is 263 g/mol. The van der Waals surface area contributed by atoms with Crippen molar-refractivity contribution in [3.05, 3.63) is 30.3 Å². The van der Waals surface area contributed by atoms with Gasteiger partial charge in [0.15, 0.2) is 0 Å². The maximum atomic E-state index is 11.6. The molecule has 0 radical (unpaired) electrons. The van der Waals surface area contributed by atoms with Crippen LogP contribution in [0.2, 0.25) is 0 Å². The van der Waals surface area contributed by atoms with Crippen LogP contribution in [0.5, 0.6) is 0 Å². The van der Waals surface area contributed by atoms with Crippen molar-refractivity contribution in [1.29, 1.82) is 0 Å². The SMILES string of the molecule is CCN(CCNC(=O)NC(C)(C)C)c1ccccc1. The number of carbonyl (C=O) groups excluding carboxylic acids is 1. The van der Waals surface area contributed by atoms with E-state index in [1.165, 1.54) is 5.69 Å². The lowest BCUT2D eigenvalue weighted by atomic mass is 10.1. The Hall–Kier alpha value is -1.71. The van der Waals surface area contributed by atoms with Gasteiger partial charge in [-0.1, -0.05) is 18.2 Å². The Bertz CT molecular complexity index is 384. The van der Waals surface area contributed by atoms with Crippen molar-refractivity contribution in [2.45, 2.75) is 33.2 Å². The summed E-state index contributed by atoms with van der Waals surface area (Å²) in [5.41, 5.74) is 0.983. The Labute approximate surface area is 116 Å². The summed E-state index contributed by atoms with van der Waals surface area (Å²) in [7, 11) is 0. The molecule has 0 heterocycles. The molecule has 0 unspecified atom stereocenters. The number of amides is 2. The van der Waals surface area contributed by atoms with Crippen LogP contribution in [0.1, 0.15) is 27.7 Å². The smallest absolute Gasteiger partial charge is 0.315 e. The van der Waals surface area contributed by atoms with Crippen molar-refractivity contribution in [1.82, 2.24) is 10.6 Å². The van der Waals surface area contributed by atoms with E-state index in [9.17, 15) is 4.79 Å². The van der Waals surface area contributed by atoms with Gasteiger partial charge in [-0.05, 0) is 39.8 Å². The molecule has 0 aliphatic carbocycles. The molecule has 4 heteroatoms. The molecule has 4 nitrogen and oxygen atoms in total. The van der Waals surface area contributed by atoms with E-state index in [-0.39, 0.29) is 11.6 Å². The summed E-state index contributed by atoms with van der Waals surface area (Å²) in [5.74, 6) is 0. The predicted molar refractivity (Wildman–Crippen MR) is 80.6 cm³/mol. The Morgan fingerprint density at radius 1 is 1.21 bits per heavy atom. The molecule has 1 aromatic carbocycles. The molecular formula is C15H25N3O. The van der Waals surface area contributed by atoms with Gasteiger partial charge < -0.3 is 15.5 Å². The summed E-state index contributed by atoms with van der Waals surface area (Å²) in [6, 6.07) is 10.1. The van der Waals surface area contributed by atoms with Crippen LogP contribution in [-0.2, 0) is 0 Å².